The van der Waals surface area contributed by atoms with Crippen LogP contribution in [0.25, 0.3) is 0 Å². The average molecular weight is 455 g/mol. The molecule has 2 N–H and O–H groups in total. The van der Waals surface area contributed by atoms with Gasteiger partial charge in [0, 0.05) is 13.6 Å². The Hall–Kier alpha value is -1.96. The molecule has 0 aromatic heterocycles. The first kappa shape index (κ1) is 21.1. The van der Waals surface area contributed by atoms with Crippen LogP contribution >= 0.6 is 24.0 Å². The van der Waals surface area contributed by atoms with Crippen LogP contribution in [0, 0.1) is 6.92 Å². The third-order valence-corrected chi connectivity index (χ3v) is 3.53. The van der Waals surface area contributed by atoms with E-state index in [1.807, 2.05) is 24.3 Å². The monoisotopic (exact) mass is 455 g/mol. The van der Waals surface area contributed by atoms with E-state index in [9.17, 15) is 0 Å². The Labute approximate surface area is 166 Å². The fourth-order valence-electron chi connectivity index (χ4n) is 2.12. The van der Waals surface area contributed by atoms with Gasteiger partial charge in [-0.1, -0.05) is 29.8 Å². The van der Waals surface area contributed by atoms with E-state index in [0.717, 1.165) is 24.0 Å². The fraction of sp³-hybridized carbons (Fsp3) is 0.316. The number of aliphatic imine (C=N–C) groups is 1. The normalized spacial score (nSPS) is 10.6. The summed E-state index contributed by atoms with van der Waals surface area (Å²) in [5.74, 6) is 2.40. The third kappa shape index (κ3) is 7.64. The van der Waals surface area contributed by atoms with Gasteiger partial charge < -0.3 is 20.1 Å². The molecule has 2 aromatic rings. The molecule has 0 aliphatic rings. The molecule has 136 valence electrons. The Morgan fingerprint density at radius 1 is 0.960 bits per heavy atom. The number of nitrogens with zero attached hydrogens (tertiary/aromatic N) is 1. The number of nitrogens with one attached hydrogen (secondary N) is 2. The van der Waals surface area contributed by atoms with E-state index in [4.69, 9.17) is 9.47 Å². The maximum atomic E-state index is 5.68. The molecule has 0 aliphatic heterocycles. The number of ether oxygens (including phenoxy) is 2. The van der Waals surface area contributed by atoms with Gasteiger partial charge in [-0.15, -0.1) is 24.0 Å². The molecule has 2 aromatic carbocycles. The first-order valence-electron chi connectivity index (χ1n) is 7.98. The lowest BCUT2D eigenvalue weighted by Crippen LogP contribution is -2.38. The molecule has 5 nitrogen and oxygen atoms in total. The molecule has 0 saturated carbocycles. The summed E-state index contributed by atoms with van der Waals surface area (Å²) in [6, 6.07) is 16.0. The van der Waals surface area contributed by atoms with Gasteiger partial charge in [-0.25, -0.2) is 0 Å². The van der Waals surface area contributed by atoms with Crippen molar-refractivity contribution in [2.24, 2.45) is 4.99 Å². The van der Waals surface area contributed by atoms with Crippen molar-refractivity contribution in [2.75, 3.05) is 27.3 Å². The molecule has 0 fully saturated rings. The van der Waals surface area contributed by atoms with Crippen molar-refractivity contribution in [1.82, 2.24) is 10.6 Å². The summed E-state index contributed by atoms with van der Waals surface area (Å²) >= 11 is 0. The predicted octanol–water partition coefficient (Wildman–Crippen LogP) is 3.37. The molecule has 0 spiro atoms. The molecular weight excluding hydrogens is 429 g/mol. The number of guanidine groups is 1. The second-order valence-corrected chi connectivity index (χ2v) is 5.36. The summed E-state index contributed by atoms with van der Waals surface area (Å²) in [5.41, 5.74) is 2.48. The van der Waals surface area contributed by atoms with Crippen molar-refractivity contribution < 1.29 is 9.47 Å². The van der Waals surface area contributed by atoms with E-state index < -0.39 is 0 Å². The van der Waals surface area contributed by atoms with Crippen molar-refractivity contribution in [1.29, 1.82) is 0 Å². The van der Waals surface area contributed by atoms with Gasteiger partial charge in [-0.05, 0) is 36.8 Å². The molecule has 6 heteroatoms. The van der Waals surface area contributed by atoms with Crippen LogP contribution < -0.4 is 20.1 Å². The highest BCUT2D eigenvalue weighted by molar-refractivity contribution is 14.0. The van der Waals surface area contributed by atoms with Crippen LogP contribution in [0.15, 0.2) is 53.5 Å². The van der Waals surface area contributed by atoms with E-state index in [1.54, 1.807) is 14.2 Å². The van der Waals surface area contributed by atoms with Crippen LogP contribution in [0.2, 0.25) is 0 Å². The molecule has 0 atom stereocenters. The van der Waals surface area contributed by atoms with Crippen molar-refractivity contribution in [3.63, 3.8) is 0 Å². The number of methoxy groups -OCH3 is 1. The van der Waals surface area contributed by atoms with Crippen molar-refractivity contribution in [3.8, 4) is 11.5 Å². The van der Waals surface area contributed by atoms with Gasteiger partial charge in [0.2, 0.25) is 0 Å². The highest BCUT2D eigenvalue weighted by Crippen LogP contribution is 2.16. The van der Waals surface area contributed by atoms with E-state index in [1.165, 1.54) is 11.1 Å². The van der Waals surface area contributed by atoms with Gasteiger partial charge in [-0.2, -0.15) is 0 Å². The number of benzene rings is 2. The Morgan fingerprint density at radius 3 is 2.20 bits per heavy atom. The maximum Gasteiger partial charge on any atom is 0.191 e. The maximum absolute atomic E-state index is 5.68. The highest BCUT2D eigenvalue weighted by atomic mass is 127. The molecule has 0 amide bonds. The Kier molecular flexibility index (Phi) is 9.76. The number of hydrogen-bond donors (Lipinski definition) is 2. The summed E-state index contributed by atoms with van der Waals surface area (Å²) in [4.78, 5) is 4.21. The average Bonchev–Trinajstić information content (AvgIpc) is 2.63. The second kappa shape index (κ2) is 11.6. The van der Waals surface area contributed by atoms with Gasteiger partial charge in [0.1, 0.15) is 18.1 Å². The first-order chi connectivity index (χ1) is 11.7. The first-order valence-corrected chi connectivity index (χ1v) is 7.98. The summed E-state index contributed by atoms with van der Waals surface area (Å²) in [6.07, 6.45) is 0. The Balaban J connectivity index is 0.00000312. The largest absolute Gasteiger partial charge is 0.497 e. The minimum Gasteiger partial charge on any atom is -0.497 e. The van der Waals surface area contributed by atoms with E-state index in [0.29, 0.717) is 13.2 Å². The van der Waals surface area contributed by atoms with E-state index in [-0.39, 0.29) is 24.0 Å². The lowest BCUT2D eigenvalue weighted by atomic mass is 10.1. The van der Waals surface area contributed by atoms with E-state index in [2.05, 4.69) is 46.8 Å². The van der Waals surface area contributed by atoms with Crippen LogP contribution in [0.5, 0.6) is 11.5 Å². The van der Waals surface area contributed by atoms with Crippen LogP contribution in [0.1, 0.15) is 11.1 Å². The van der Waals surface area contributed by atoms with Crippen molar-refractivity contribution in [2.45, 2.75) is 13.5 Å². The lowest BCUT2D eigenvalue weighted by molar-refractivity contribution is 0.321. The molecule has 0 bridgehead atoms. The number of halogens is 1. The molecule has 2 rings (SSSR count). The molecule has 0 heterocycles. The third-order valence-electron chi connectivity index (χ3n) is 3.53. The van der Waals surface area contributed by atoms with Crippen molar-refractivity contribution in [3.05, 3.63) is 59.7 Å². The standard InChI is InChI=1S/C19H25N3O2.HI/c1-15-4-6-16(7-5-15)14-22-19(20-2)21-12-13-24-18-10-8-17(23-3)9-11-18;/h4-11H,12-14H2,1-3H3,(H2,20,21,22);1H. The van der Waals surface area contributed by atoms with Crippen LogP contribution in [0.4, 0.5) is 0 Å². The van der Waals surface area contributed by atoms with Crippen LogP contribution in [-0.2, 0) is 6.54 Å². The lowest BCUT2D eigenvalue weighted by Gasteiger charge is -2.13. The molecule has 0 radical (unpaired) electrons. The predicted molar refractivity (Wildman–Crippen MR) is 113 cm³/mol. The van der Waals surface area contributed by atoms with Crippen molar-refractivity contribution >= 4 is 29.9 Å². The summed E-state index contributed by atoms with van der Waals surface area (Å²) in [6.45, 7) is 4.04. The zero-order chi connectivity index (χ0) is 17.2. The van der Waals surface area contributed by atoms with Gasteiger partial charge >= 0.3 is 0 Å². The SMILES string of the molecule is CN=C(NCCOc1ccc(OC)cc1)NCc1ccc(C)cc1.I. The minimum atomic E-state index is 0. The zero-order valence-corrected chi connectivity index (χ0v) is 17.2. The quantitative estimate of drug-likeness (QED) is 0.291. The topological polar surface area (TPSA) is 54.9 Å². The molecule has 0 aliphatic carbocycles. The van der Waals surface area contributed by atoms with Gasteiger partial charge in [0.15, 0.2) is 5.96 Å². The van der Waals surface area contributed by atoms with E-state index >= 15 is 0 Å². The smallest absolute Gasteiger partial charge is 0.191 e. The van der Waals surface area contributed by atoms with Gasteiger partial charge in [0.05, 0.1) is 13.7 Å². The number of hydrogen-bond acceptors (Lipinski definition) is 3. The second-order valence-electron chi connectivity index (χ2n) is 5.36. The van der Waals surface area contributed by atoms with Gasteiger partial charge in [-0.3, -0.25) is 4.99 Å². The van der Waals surface area contributed by atoms with Gasteiger partial charge in [0.25, 0.3) is 0 Å². The van der Waals surface area contributed by atoms with Crippen LogP contribution in [0.3, 0.4) is 0 Å². The summed E-state index contributed by atoms with van der Waals surface area (Å²) < 4.78 is 10.8. The number of rotatable bonds is 7. The fourth-order valence-corrected chi connectivity index (χ4v) is 2.12. The summed E-state index contributed by atoms with van der Waals surface area (Å²) in [7, 11) is 3.41. The highest BCUT2D eigenvalue weighted by Gasteiger charge is 1.99. The summed E-state index contributed by atoms with van der Waals surface area (Å²) in [5, 5.41) is 6.52. The zero-order valence-electron chi connectivity index (χ0n) is 14.9. The molecule has 25 heavy (non-hydrogen) atoms. The molecular formula is C19H26IN3O2. The minimum absolute atomic E-state index is 0. The Bertz CT molecular complexity index is 643. The number of aryl methyl sites for hydroxylation is 1. The Morgan fingerprint density at radius 2 is 1.60 bits per heavy atom. The molecule has 0 unspecified atom stereocenters. The van der Waals surface area contributed by atoms with Crippen LogP contribution in [-0.4, -0.2) is 33.3 Å². The molecule has 0 saturated heterocycles.